The zero-order valence-corrected chi connectivity index (χ0v) is 37.5. The molecule has 0 spiro atoms. The van der Waals surface area contributed by atoms with E-state index in [1.165, 1.54) is 19.2 Å². The van der Waals surface area contributed by atoms with Crippen LogP contribution in [0.15, 0.2) is 54.7 Å². The maximum atomic E-state index is 13.5. The predicted molar refractivity (Wildman–Crippen MR) is 242 cm³/mol. The number of aromatic nitrogens is 1. The van der Waals surface area contributed by atoms with Crippen LogP contribution in [0.5, 0.6) is 0 Å². The van der Waals surface area contributed by atoms with Crippen LogP contribution < -0.4 is 25.3 Å². The van der Waals surface area contributed by atoms with Gasteiger partial charge in [-0.05, 0) is 86.6 Å². The summed E-state index contributed by atoms with van der Waals surface area (Å²) in [5.74, 6) is -0.903. The van der Waals surface area contributed by atoms with Crippen molar-refractivity contribution in [3.63, 3.8) is 0 Å². The molecule has 66 heavy (non-hydrogen) atoms. The molecule has 5 aliphatic heterocycles. The van der Waals surface area contributed by atoms with E-state index in [1.54, 1.807) is 24.4 Å². The Morgan fingerprint density at radius 3 is 2.09 bits per heavy atom. The number of alkyl halides is 3. The Kier molecular flexibility index (Phi) is 13.7. The third-order valence-corrected chi connectivity index (χ3v) is 14.1. The van der Waals surface area contributed by atoms with Crippen LogP contribution in [0.1, 0.15) is 77.3 Å². The topological polar surface area (TPSA) is 166 Å². The third kappa shape index (κ3) is 10.0. The molecule has 1 unspecified atom stereocenters. The van der Waals surface area contributed by atoms with Gasteiger partial charge in [0.25, 0.3) is 11.8 Å². The molecule has 4 amide bonds. The monoisotopic (exact) mass is 910 g/mol. The number of nitrogens with one attached hydrogen (secondary N) is 2. The van der Waals surface area contributed by atoms with E-state index in [2.05, 4.69) is 42.1 Å². The molecule has 6 heterocycles. The van der Waals surface area contributed by atoms with Gasteiger partial charge in [-0.15, -0.1) is 0 Å². The van der Waals surface area contributed by atoms with Gasteiger partial charge in [0.1, 0.15) is 18.1 Å². The quantitative estimate of drug-likeness (QED) is 0.167. The van der Waals surface area contributed by atoms with Gasteiger partial charge in [-0.3, -0.25) is 24.1 Å². The highest BCUT2D eigenvalue weighted by Crippen LogP contribution is 2.38. The lowest BCUT2D eigenvalue weighted by Crippen LogP contribution is -2.61. The largest absolute Gasteiger partial charge is 0.417 e. The molecule has 0 saturated carbocycles. The van der Waals surface area contributed by atoms with Crippen molar-refractivity contribution in [1.82, 2.24) is 25.0 Å². The van der Waals surface area contributed by atoms with Crippen molar-refractivity contribution in [1.29, 1.82) is 5.26 Å². The molecule has 0 radical (unpaired) electrons. The number of hydrogen-bond acceptors (Lipinski definition) is 12. The number of imide groups is 1. The molecule has 4 saturated heterocycles. The van der Waals surface area contributed by atoms with Gasteiger partial charge >= 0.3 is 6.18 Å². The summed E-state index contributed by atoms with van der Waals surface area (Å²) in [6, 6.07) is 13.4. The van der Waals surface area contributed by atoms with Crippen LogP contribution >= 0.6 is 0 Å². The maximum Gasteiger partial charge on any atom is 0.417 e. The summed E-state index contributed by atoms with van der Waals surface area (Å²) >= 11 is 0. The molecule has 350 valence electrons. The Hall–Kier alpha value is -6.06. The van der Waals surface area contributed by atoms with E-state index in [4.69, 9.17) is 5.26 Å². The molecule has 15 nitrogen and oxygen atoms in total. The van der Waals surface area contributed by atoms with E-state index in [0.717, 1.165) is 101 Å². The fourth-order valence-electron chi connectivity index (χ4n) is 10.4. The lowest BCUT2D eigenvalue weighted by atomic mass is 9.81. The average molecular weight is 911 g/mol. The molecule has 1 atom stereocenters. The highest BCUT2D eigenvalue weighted by atomic mass is 19.4. The first-order chi connectivity index (χ1) is 31.7. The first kappa shape index (κ1) is 46.5. The lowest BCUT2D eigenvalue weighted by Gasteiger charge is -2.52. The number of nitrogens with zero attached hydrogens (tertiary/aromatic N) is 8. The summed E-state index contributed by atoms with van der Waals surface area (Å²) in [5, 5.41) is 14.5. The van der Waals surface area contributed by atoms with Crippen LogP contribution in [0, 0.1) is 28.6 Å². The Morgan fingerprint density at radius 1 is 0.848 bits per heavy atom. The number of benzene rings is 2. The van der Waals surface area contributed by atoms with E-state index in [0.29, 0.717) is 55.2 Å². The summed E-state index contributed by atoms with van der Waals surface area (Å²) in [5.41, 5.74) is 1.65. The SMILES string of the molecule is CNC(=O)C(CCC=O)N1C(=O)c2ccc(N3CCC(CN4CCN(CC5(C)CN(c6ccc(NC(=O)C7CCN(c8ccc(C#N)c(C(F)(F)F)c8)CC7)nc6)C5)CC4)CC3)cc2C1=O. The Morgan fingerprint density at radius 2 is 1.47 bits per heavy atom. The molecule has 8 rings (SSSR count). The van der Waals surface area contributed by atoms with Crippen molar-refractivity contribution in [3.8, 4) is 6.07 Å². The number of nitriles is 1. The second-order valence-corrected chi connectivity index (χ2v) is 18.7. The number of hydrogen-bond donors (Lipinski definition) is 2. The summed E-state index contributed by atoms with van der Waals surface area (Å²) in [6.45, 7) is 12.9. The molecule has 4 fully saturated rings. The van der Waals surface area contributed by atoms with E-state index in [-0.39, 0.29) is 35.6 Å². The molecule has 18 heteroatoms. The summed E-state index contributed by atoms with van der Waals surface area (Å²) in [7, 11) is 1.45. The van der Waals surface area contributed by atoms with Crippen LogP contribution in [-0.2, 0) is 20.6 Å². The Balaban J connectivity index is 0.732. The number of halogens is 3. The summed E-state index contributed by atoms with van der Waals surface area (Å²) in [4.78, 5) is 80.5. The molecule has 1 aromatic heterocycles. The zero-order valence-electron chi connectivity index (χ0n) is 37.5. The number of aldehydes is 1. The van der Waals surface area contributed by atoms with Gasteiger partial charge in [0.2, 0.25) is 11.8 Å². The van der Waals surface area contributed by atoms with Gasteiger partial charge < -0.3 is 39.9 Å². The standard InChI is InChI=1S/C48H57F3N10O5/c1-47(30-60(31-47)37-8-10-42(54-27-37)55-43(63)33-13-17-59(18-14-33)36-6-5-34(26-52)40(25-36)48(49,50)51)29-57-21-19-56(20-22-57)28-32-11-15-58(16-12-32)35-7-9-38-39(24-35)46(66)61(45(38)65)41(4-3-23-62)44(64)53-2/h5-10,23-25,27,32-33,41H,3-4,11-22,28-31H2,1-2H3,(H,53,64)(H,54,55,63). The van der Waals surface area contributed by atoms with Crippen LogP contribution in [0.4, 0.5) is 36.1 Å². The molecule has 2 aromatic carbocycles. The van der Waals surface area contributed by atoms with Crippen molar-refractivity contribution in [3.05, 3.63) is 77.0 Å². The highest BCUT2D eigenvalue weighted by molar-refractivity contribution is 6.23. The van der Waals surface area contributed by atoms with Crippen LogP contribution in [-0.4, -0.2) is 141 Å². The fourth-order valence-corrected chi connectivity index (χ4v) is 10.4. The number of fused-ring (bicyclic) bond motifs is 1. The molecule has 3 aromatic rings. The Labute approximate surface area is 382 Å². The molecule has 5 aliphatic rings. The van der Waals surface area contributed by atoms with Gasteiger partial charge in [0.05, 0.1) is 40.2 Å². The van der Waals surface area contributed by atoms with Crippen molar-refractivity contribution in [2.75, 3.05) is 106 Å². The molecule has 2 N–H and O–H groups in total. The average Bonchev–Trinajstić information content (AvgIpc) is 3.56. The van der Waals surface area contributed by atoms with Gasteiger partial charge in [-0.2, -0.15) is 18.4 Å². The number of anilines is 4. The number of carbonyl (C=O) groups excluding carboxylic acids is 5. The number of piperidine rings is 2. The summed E-state index contributed by atoms with van der Waals surface area (Å²) < 4.78 is 40.5. The van der Waals surface area contributed by atoms with E-state index in [9.17, 15) is 37.1 Å². The number of amides is 4. The van der Waals surface area contributed by atoms with Crippen molar-refractivity contribution in [2.24, 2.45) is 17.3 Å². The van der Waals surface area contributed by atoms with Crippen molar-refractivity contribution in [2.45, 2.75) is 57.7 Å². The predicted octanol–water partition coefficient (Wildman–Crippen LogP) is 4.88. The number of likely N-dealkylation sites (N-methyl/N-ethyl adjacent to an activating group) is 1. The summed E-state index contributed by atoms with van der Waals surface area (Å²) in [6.07, 6.45) is 1.00. The number of piperazine rings is 1. The van der Waals surface area contributed by atoms with Gasteiger partial charge in [0.15, 0.2) is 0 Å². The van der Waals surface area contributed by atoms with E-state index < -0.39 is 41.1 Å². The van der Waals surface area contributed by atoms with Crippen LogP contribution in [0.2, 0.25) is 0 Å². The van der Waals surface area contributed by atoms with Crippen LogP contribution in [0.3, 0.4) is 0 Å². The first-order valence-electron chi connectivity index (χ1n) is 22.9. The maximum absolute atomic E-state index is 13.5. The van der Waals surface area contributed by atoms with Crippen LogP contribution in [0.25, 0.3) is 0 Å². The fraction of sp³-hybridized carbons (Fsp3) is 0.521. The molecule has 0 aliphatic carbocycles. The number of rotatable bonds is 14. The highest BCUT2D eigenvalue weighted by Gasteiger charge is 2.44. The second-order valence-electron chi connectivity index (χ2n) is 18.7. The molecule has 0 bridgehead atoms. The van der Waals surface area contributed by atoms with E-state index >= 15 is 0 Å². The number of carbonyl (C=O) groups is 5. The minimum atomic E-state index is -4.63. The zero-order chi connectivity index (χ0) is 46.8. The van der Waals surface area contributed by atoms with E-state index in [1.807, 2.05) is 23.1 Å². The molecular formula is C48H57F3N10O5. The first-order valence-corrected chi connectivity index (χ1v) is 22.9. The minimum absolute atomic E-state index is 0.0612. The van der Waals surface area contributed by atoms with Gasteiger partial charge in [-0.1, -0.05) is 6.92 Å². The normalized spacial score (nSPS) is 20.1. The second kappa shape index (κ2) is 19.4. The van der Waals surface area contributed by atoms with Gasteiger partial charge in [0, 0.05) is 115 Å². The number of pyridine rings is 1. The van der Waals surface area contributed by atoms with Crippen molar-refractivity contribution < 1.29 is 37.1 Å². The minimum Gasteiger partial charge on any atom is -0.371 e. The van der Waals surface area contributed by atoms with Gasteiger partial charge in [-0.25, -0.2) is 4.98 Å². The lowest BCUT2D eigenvalue weighted by molar-refractivity contribution is -0.137. The molecular weight excluding hydrogens is 854 g/mol. The Bertz CT molecular complexity index is 2340. The third-order valence-electron chi connectivity index (χ3n) is 14.1. The smallest absolute Gasteiger partial charge is 0.371 e. The van der Waals surface area contributed by atoms with Crippen molar-refractivity contribution >= 4 is 52.8 Å².